The van der Waals surface area contributed by atoms with Gasteiger partial charge in [-0.2, -0.15) is 0 Å². The number of cyclic esters (lactones) is 1. The number of hydrogen-bond donors (Lipinski definition) is 0. The molecule has 1 saturated heterocycles. The zero-order valence-corrected chi connectivity index (χ0v) is 18.2. The van der Waals surface area contributed by atoms with Crippen molar-refractivity contribution in [2.75, 3.05) is 13.7 Å². The number of benzene rings is 3. The molecule has 0 aliphatic carbocycles. The van der Waals surface area contributed by atoms with Crippen LogP contribution in [-0.4, -0.2) is 49.4 Å². The van der Waals surface area contributed by atoms with Gasteiger partial charge in [0.25, 0.3) is 11.6 Å². The normalized spacial score (nSPS) is 15.2. The Morgan fingerprint density at radius 2 is 1.85 bits per heavy atom. The monoisotopic (exact) mass is 444 g/mol. The summed E-state index contributed by atoms with van der Waals surface area (Å²) in [7, 11) is 3.16. The van der Waals surface area contributed by atoms with E-state index in [9.17, 15) is 19.7 Å². The van der Waals surface area contributed by atoms with Crippen LogP contribution in [0.15, 0.2) is 66.7 Å². The van der Waals surface area contributed by atoms with Gasteiger partial charge in [-0.15, -0.1) is 0 Å². The lowest BCUT2D eigenvalue weighted by atomic mass is 9.83. The average Bonchev–Trinajstić information content (AvgIpc) is 3.18. The average molecular weight is 444 g/mol. The molecule has 0 spiro atoms. The minimum absolute atomic E-state index is 0.0727. The van der Waals surface area contributed by atoms with Gasteiger partial charge in [-0.1, -0.05) is 54.0 Å². The molecule has 0 aromatic heterocycles. The van der Waals surface area contributed by atoms with E-state index in [1.54, 1.807) is 38.2 Å². The third kappa shape index (κ3) is 4.17. The van der Waals surface area contributed by atoms with Crippen LogP contribution in [0.5, 0.6) is 5.75 Å². The SMILES string of the molecule is Bc1cccc([N+](=O)[O-])c1-c1c(OC)cccc1C(=O)N1C(=O)OC[C@@H]1Cc1ccccc1. The number of imide groups is 1. The Kier molecular flexibility index (Phi) is 6.12. The van der Waals surface area contributed by atoms with Crippen LogP contribution in [0.1, 0.15) is 15.9 Å². The van der Waals surface area contributed by atoms with Gasteiger partial charge in [0, 0.05) is 11.6 Å². The van der Waals surface area contributed by atoms with Crippen LogP contribution in [0.25, 0.3) is 11.1 Å². The highest BCUT2D eigenvalue weighted by atomic mass is 16.6. The third-order valence-corrected chi connectivity index (χ3v) is 5.67. The van der Waals surface area contributed by atoms with Gasteiger partial charge in [-0.25, -0.2) is 9.69 Å². The number of nitro groups is 1. The van der Waals surface area contributed by atoms with Crippen molar-refractivity contribution in [2.24, 2.45) is 0 Å². The molecule has 0 unspecified atom stereocenters. The van der Waals surface area contributed by atoms with Crippen molar-refractivity contribution >= 4 is 31.0 Å². The molecule has 0 radical (unpaired) electrons. The topological polar surface area (TPSA) is 99.0 Å². The Hall–Kier alpha value is -4.14. The van der Waals surface area contributed by atoms with Crippen molar-refractivity contribution in [2.45, 2.75) is 12.5 Å². The number of amides is 2. The molecule has 33 heavy (non-hydrogen) atoms. The molecule has 4 rings (SSSR count). The lowest BCUT2D eigenvalue weighted by molar-refractivity contribution is -0.384. The van der Waals surface area contributed by atoms with Gasteiger partial charge in [-0.3, -0.25) is 14.9 Å². The van der Waals surface area contributed by atoms with E-state index >= 15 is 0 Å². The molecule has 8 nitrogen and oxygen atoms in total. The number of methoxy groups -OCH3 is 1. The van der Waals surface area contributed by atoms with E-state index in [-0.39, 0.29) is 29.0 Å². The molecule has 1 fully saturated rings. The summed E-state index contributed by atoms with van der Waals surface area (Å²) in [6.07, 6.45) is -0.309. The second-order valence-electron chi connectivity index (χ2n) is 7.70. The minimum Gasteiger partial charge on any atom is -0.496 e. The zero-order chi connectivity index (χ0) is 23.5. The quantitative estimate of drug-likeness (QED) is 0.330. The fourth-order valence-electron chi connectivity index (χ4n) is 4.14. The lowest BCUT2D eigenvalue weighted by Gasteiger charge is -2.22. The number of hydrogen-bond acceptors (Lipinski definition) is 6. The molecule has 1 aliphatic rings. The van der Waals surface area contributed by atoms with Crippen molar-refractivity contribution in [3.05, 3.63) is 88.0 Å². The van der Waals surface area contributed by atoms with Crippen LogP contribution in [0.3, 0.4) is 0 Å². The van der Waals surface area contributed by atoms with Crippen LogP contribution in [0, 0.1) is 10.1 Å². The zero-order valence-electron chi connectivity index (χ0n) is 18.2. The van der Waals surface area contributed by atoms with Gasteiger partial charge in [0.2, 0.25) is 0 Å². The number of carbonyl (C=O) groups excluding carboxylic acids is 2. The summed E-state index contributed by atoms with van der Waals surface area (Å²) < 4.78 is 10.7. The van der Waals surface area contributed by atoms with Crippen LogP contribution < -0.4 is 10.2 Å². The molecule has 2 amide bonds. The van der Waals surface area contributed by atoms with E-state index in [1.807, 2.05) is 30.3 Å². The van der Waals surface area contributed by atoms with Crippen LogP contribution >= 0.6 is 0 Å². The first kappa shape index (κ1) is 22.1. The van der Waals surface area contributed by atoms with Gasteiger partial charge in [-0.05, 0) is 24.1 Å². The summed E-state index contributed by atoms with van der Waals surface area (Å²) in [6.45, 7) is 0.0727. The molecule has 0 N–H and O–H groups in total. The molecule has 3 aromatic rings. The summed E-state index contributed by atoms with van der Waals surface area (Å²) >= 11 is 0. The summed E-state index contributed by atoms with van der Waals surface area (Å²) in [5.74, 6) is -0.296. The van der Waals surface area contributed by atoms with Crippen molar-refractivity contribution < 1.29 is 24.0 Å². The maximum Gasteiger partial charge on any atom is 0.417 e. The summed E-state index contributed by atoms with van der Waals surface area (Å²) in [6, 6.07) is 18.5. The first-order chi connectivity index (χ1) is 15.9. The van der Waals surface area contributed by atoms with Gasteiger partial charge >= 0.3 is 6.09 Å². The van der Waals surface area contributed by atoms with E-state index in [0.29, 0.717) is 17.6 Å². The van der Waals surface area contributed by atoms with Crippen LogP contribution in [0.4, 0.5) is 10.5 Å². The smallest absolute Gasteiger partial charge is 0.417 e. The highest BCUT2D eigenvalue weighted by Crippen LogP contribution is 2.38. The largest absolute Gasteiger partial charge is 0.496 e. The summed E-state index contributed by atoms with van der Waals surface area (Å²) in [4.78, 5) is 38.7. The summed E-state index contributed by atoms with van der Waals surface area (Å²) in [5.41, 5.74) is 2.08. The van der Waals surface area contributed by atoms with Crippen molar-refractivity contribution in [1.82, 2.24) is 4.90 Å². The standard InChI is InChI=1S/C24H21BN2O6/c1-32-20-12-5-9-17(21(20)22-18(25)10-6-11-19(22)27(30)31)23(28)26-16(14-33-24(26)29)13-15-7-3-2-4-8-15/h2-12,16H,13-14,25H2,1H3/t16-/m0/s1. The fourth-order valence-corrected chi connectivity index (χ4v) is 4.14. The molecule has 0 saturated carbocycles. The molecule has 1 aliphatic heterocycles. The molecule has 0 bridgehead atoms. The molecule has 1 atom stereocenters. The van der Waals surface area contributed by atoms with Crippen molar-refractivity contribution in [3.63, 3.8) is 0 Å². The minimum atomic E-state index is -0.742. The maximum absolute atomic E-state index is 13.7. The van der Waals surface area contributed by atoms with Crippen molar-refractivity contribution in [3.8, 4) is 16.9 Å². The molecule has 1 heterocycles. The predicted molar refractivity (Wildman–Crippen MR) is 125 cm³/mol. The summed E-state index contributed by atoms with van der Waals surface area (Å²) in [5, 5.41) is 11.8. The molecule has 3 aromatic carbocycles. The van der Waals surface area contributed by atoms with Crippen molar-refractivity contribution in [1.29, 1.82) is 0 Å². The Morgan fingerprint density at radius 1 is 1.12 bits per heavy atom. The van der Waals surface area contributed by atoms with Crippen LogP contribution in [0.2, 0.25) is 0 Å². The van der Waals surface area contributed by atoms with Gasteiger partial charge in [0.15, 0.2) is 0 Å². The Morgan fingerprint density at radius 3 is 2.55 bits per heavy atom. The molecule has 9 heteroatoms. The number of rotatable bonds is 6. The predicted octanol–water partition coefficient (Wildman–Crippen LogP) is 2.73. The van der Waals surface area contributed by atoms with Crippen LogP contribution in [-0.2, 0) is 11.2 Å². The second-order valence-corrected chi connectivity index (χ2v) is 7.70. The first-order valence-electron chi connectivity index (χ1n) is 10.4. The Labute approximate surface area is 191 Å². The Bertz CT molecular complexity index is 1230. The number of ether oxygens (including phenoxy) is 2. The lowest BCUT2D eigenvalue weighted by Crippen LogP contribution is -2.40. The number of nitrogens with zero attached hydrogens (tertiary/aromatic N) is 2. The van der Waals surface area contributed by atoms with E-state index in [4.69, 9.17) is 9.47 Å². The fraction of sp³-hybridized carbons (Fsp3) is 0.167. The number of carbonyl (C=O) groups is 2. The molecule has 166 valence electrons. The highest BCUT2D eigenvalue weighted by molar-refractivity contribution is 6.37. The van der Waals surface area contributed by atoms with E-state index in [0.717, 1.165) is 10.5 Å². The van der Waals surface area contributed by atoms with Gasteiger partial charge in [0.05, 0.1) is 29.2 Å². The van der Waals surface area contributed by atoms with E-state index in [2.05, 4.69) is 0 Å². The first-order valence-corrected chi connectivity index (χ1v) is 10.4. The third-order valence-electron chi connectivity index (χ3n) is 5.67. The number of nitro benzene ring substituents is 1. The highest BCUT2D eigenvalue weighted by Gasteiger charge is 2.40. The maximum atomic E-state index is 13.7. The Balaban J connectivity index is 1.83. The van der Waals surface area contributed by atoms with Gasteiger partial charge in [0.1, 0.15) is 20.2 Å². The van der Waals surface area contributed by atoms with Gasteiger partial charge < -0.3 is 9.47 Å². The second kappa shape index (κ2) is 9.16. The van der Waals surface area contributed by atoms with E-state index < -0.39 is 23.0 Å². The molecular formula is C24H21BN2O6. The molecular weight excluding hydrogens is 423 g/mol. The van der Waals surface area contributed by atoms with E-state index in [1.165, 1.54) is 13.2 Å².